The van der Waals surface area contributed by atoms with Gasteiger partial charge in [0.15, 0.2) is 0 Å². The van der Waals surface area contributed by atoms with Gasteiger partial charge in [-0.25, -0.2) is 9.98 Å². The average molecular weight is 403 g/mol. The summed E-state index contributed by atoms with van der Waals surface area (Å²) < 4.78 is 0. The number of H-pyrrole nitrogens is 1. The molecule has 3 heterocycles. The SMILES string of the molecule is CC(=Nc1cccc2cccnc12)c1ccc(C(C)=Nc2cccc3cccnc23)[nH]1. The van der Waals surface area contributed by atoms with Crippen molar-refractivity contribution in [3.05, 3.63) is 96.6 Å². The third kappa shape index (κ3) is 3.73. The van der Waals surface area contributed by atoms with Gasteiger partial charge in [0.25, 0.3) is 0 Å². The van der Waals surface area contributed by atoms with Crippen LogP contribution in [0.1, 0.15) is 25.2 Å². The molecule has 0 atom stereocenters. The molecule has 2 aromatic carbocycles. The summed E-state index contributed by atoms with van der Waals surface area (Å²) in [5, 5.41) is 2.16. The zero-order valence-electron chi connectivity index (χ0n) is 17.4. The number of benzene rings is 2. The molecule has 0 saturated heterocycles. The van der Waals surface area contributed by atoms with Gasteiger partial charge >= 0.3 is 0 Å². The monoisotopic (exact) mass is 403 g/mol. The van der Waals surface area contributed by atoms with Crippen LogP contribution in [0.4, 0.5) is 11.4 Å². The number of aromatic amines is 1. The maximum Gasteiger partial charge on any atom is 0.0958 e. The van der Waals surface area contributed by atoms with E-state index in [1.807, 2.05) is 86.6 Å². The van der Waals surface area contributed by atoms with Crippen molar-refractivity contribution < 1.29 is 0 Å². The minimum Gasteiger partial charge on any atom is -0.353 e. The number of nitrogens with zero attached hydrogens (tertiary/aromatic N) is 4. The van der Waals surface area contributed by atoms with E-state index in [4.69, 9.17) is 9.98 Å². The second-order valence-corrected chi connectivity index (χ2v) is 7.38. The summed E-state index contributed by atoms with van der Waals surface area (Å²) in [6, 6.07) is 24.1. The van der Waals surface area contributed by atoms with Gasteiger partial charge in [0, 0.05) is 23.2 Å². The molecule has 5 heteroatoms. The predicted molar refractivity (Wildman–Crippen MR) is 128 cm³/mol. The van der Waals surface area contributed by atoms with Crippen LogP contribution in [-0.2, 0) is 0 Å². The number of pyridine rings is 2. The van der Waals surface area contributed by atoms with Gasteiger partial charge in [0.05, 0.1) is 45.2 Å². The van der Waals surface area contributed by atoms with Crippen molar-refractivity contribution in [3.8, 4) is 0 Å². The second kappa shape index (κ2) is 7.95. The molecule has 3 aromatic heterocycles. The molecule has 0 spiro atoms. The van der Waals surface area contributed by atoms with E-state index in [2.05, 4.69) is 15.0 Å². The Morgan fingerprint density at radius 1 is 0.613 bits per heavy atom. The first-order chi connectivity index (χ1) is 15.2. The molecular formula is C26H21N5. The summed E-state index contributed by atoms with van der Waals surface area (Å²) in [5.41, 5.74) is 7.21. The number of para-hydroxylation sites is 2. The maximum absolute atomic E-state index is 4.83. The fourth-order valence-corrected chi connectivity index (χ4v) is 3.66. The van der Waals surface area contributed by atoms with Crippen LogP contribution >= 0.6 is 0 Å². The van der Waals surface area contributed by atoms with Gasteiger partial charge in [-0.1, -0.05) is 36.4 Å². The van der Waals surface area contributed by atoms with Crippen molar-refractivity contribution >= 4 is 44.6 Å². The highest BCUT2D eigenvalue weighted by Crippen LogP contribution is 2.26. The minimum atomic E-state index is 0.860. The molecule has 0 radical (unpaired) electrons. The summed E-state index contributed by atoms with van der Waals surface area (Å²) in [7, 11) is 0. The Morgan fingerprint density at radius 3 is 1.55 bits per heavy atom. The maximum atomic E-state index is 4.83. The summed E-state index contributed by atoms with van der Waals surface area (Å²) >= 11 is 0. The molecule has 5 rings (SSSR count). The van der Waals surface area contributed by atoms with E-state index in [1.165, 1.54) is 0 Å². The van der Waals surface area contributed by atoms with Crippen LogP contribution in [0, 0.1) is 0 Å². The third-order valence-electron chi connectivity index (χ3n) is 5.26. The van der Waals surface area contributed by atoms with Crippen LogP contribution in [-0.4, -0.2) is 26.4 Å². The summed E-state index contributed by atoms with van der Waals surface area (Å²) in [6.07, 6.45) is 3.59. The number of nitrogens with one attached hydrogen (secondary N) is 1. The Labute approximate surface area is 180 Å². The predicted octanol–water partition coefficient (Wildman–Crippen LogP) is 6.39. The topological polar surface area (TPSA) is 66.3 Å². The molecule has 0 aliphatic carbocycles. The molecular weight excluding hydrogens is 382 g/mol. The molecule has 5 nitrogen and oxygen atoms in total. The lowest BCUT2D eigenvalue weighted by atomic mass is 10.2. The smallest absolute Gasteiger partial charge is 0.0958 e. The van der Waals surface area contributed by atoms with Gasteiger partial charge in [0.1, 0.15) is 0 Å². The van der Waals surface area contributed by atoms with Crippen LogP contribution in [0.3, 0.4) is 0 Å². The van der Waals surface area contributed by atoms with E-state index in [-0.39, 0.29) is 0 Å². The Hall–Kier alpha value is -4.12. The average Bonchev–Trinajstić information content (AvgIpc) is 3.30. The van der Waals surface area contributed by atoms with Crippen LogP contribution in [0.25, 0.3) is 21.8 Å². The van der Waals surface area contributed by atoms with Gasteiger partial charge in [0.2, 0.25) is 0 Å². The molecule has 5 aromatic rings. The highest BCUT2D eigenvalue weighted by molar-refractivity contribution is 6.05. The fourth-order valence-electron chi connectivity index (χ4n) is 3.66. The van der Waals surface area contributed by atoms with Crippen LogP contribution in [0.15, 0.2) is 95.2 Å². The first-order valence-corrected chi connectivity index (χ1v) is 10.2. The number of hydrogen-bond acceptors (Lipinski definition) is 4. The first kappa shape index (κ1) is 18.9. The summed E-state index contributed by atoms with van der Waals surface area (Å²) in [5.74, 6) is 0. The second-order valence-electron chi connectivity index (χ2n) is 7.38. The Bertz CT molecular complexity index is 1340. The summed E-state index contributed by atoms with van der Waals surface area (Å²) in [4.78, 5) is 22.1. The molecule has 0 bridgehead atoms. The lowest BCUT2D eigenvalue weighted by Gasteiger charge is -2.04. The van der Waals surface area contributed by atoms with Crippen molar-refractivity contribution in [2.24, 2.45) is 9.98 Å². The minimum absolute atomic E-state index is 0.860. The lowest BCUT2D eigenvalue weighted by molar-refractivity contribution is 1.30. The van der Waals surface area contributed by atoms with Crippen LogP contribution in [0.5, 0.6) is 0 Å². The van der Waals surface area contributed by atoms with Gasteiger partial charge in [-0.05, 0) is 50.2 Å². The van der Waals surface area contributed by atoms with E-state index in [1.54, 1.807) is 12.4 Å². The van der Waals surface area contributed by atoms with E-state index in [9.17, 15) is 0 Å². The number of fused-ring (bicyclic) bond motifs is 2. The lowest BCUT2D eigenvalue weighted by Crippen LogP contribution is -1.99. The Morgan fingerprint density at radius 2 is 1.06 bits per heavy atom. The summed E-state index contributed by atoms with van der Waals surface area (Å²) in [6.45, 7) is 4.00. The molecule has 31 heavy (non-hydrogen) atoms. The zero-order chi connectivity index (χ0) is 21.2. The number of rotatable bonds is 4. The normalized spacial score (nSPS) is 12.6. The highest BCUT2D eigenvalue weighted by atomic mass is 14.9. The Kier molecular flexibility index (Phi) is 4.84. The van der Waals surface area contributed by atoms with Gasteiger partial charge in [-0.2, -0.15) is 0 Å². The number of aromatic nitrogens is 3. The van der Waals surface area contributed by atoms with Gasteiger partial charge in [-0.15, -0.1) is 0 Å². The molecule has 0 aliphatic heterocycles. The van der Waals surface area contributed by atoms with E-state index >= 15 is 0 Å². The van der Waals surface area contributed by atoms with Crippen molar-refractivity contribution in [2.75, 3.05) is 0 Å². The van der Waals surface area contributed by atoms with E-state index in [0.717, 1.165) is 56.0 Å². The molecule has 0 saturated carbocycles. The molecule has 0 aliphatic rings. The van der Waals surface area contributed by atoms with Crippen molar-refractivity contribution in [2.45, 2.75) is 13.8 Å². The molecule has 0 unspecified atom stereocenters. The van der Waals surface area contributed by atoms with E-state index < -0.39 is 0 Å². The molecule has 1 N–H and O–H groups in total. The van der Waals surface area contributed by atoms with E-state index in [0.29, 0.717) is 0 Å². The van der Waals surface area contributed by atoms with Gasteiger partial charge in [-0.3, -0.25) is 9.97 Å². The first-order valence-electron chi connectivity index (χ1n) is 10.2. The standard InChI is InChI=1S/C26H21N5/c1-17(29-23-11-3-7-19-9-5-15-27-25(19)23)21-13-14-22(31-21)18(2)30-24-12-4-8-20-10-6-16-28-26(20)24/h3-16,31H,1-2H3. The van der Waals surface area contributed by atoms with Gasteiger partial charge < -0.3 is 4.98 Å². The highest BCUT2D eigenvalue weighted by Gasteiger charge is 2.08. The largest absolute Gasteiger partial charge is 0.353 e. The molecule has 150 valence electrons. The number of hydrogen-bond donors (Lipinski definition) is 1. The number of aliphatic imine (C=N–C) groups is 2. The van der Waals surface area contributed by atoms with Crippen molar-refractivity contribution in [1.82, 2.24) is 15.0 Å². The molecule has 0 amide bonds. The van der Waals surface area contributed by atoms with Crippen molar-refractivity contribution in [3.63, 3.8) is 0 Å². The third-order valence-corrected chi connectivity index (χ3v) is 5.26. The van der Waals surface area contributed by atoms with Crippen LogP contribution < -0.4 is 0 Å². The molecule has 0 fully saturated rings. The van der Waals surface area contributed by atoms with Crippen molar-refractivity contribution in [1.29, 1.82) is 0 Å². The fraction of sp³-hybridized carbons (Fsp3) is 0.0769. The Balaban J connectivity index is 1.48. The zero-order valence-corrected chi connectivity index (χ0v) is 17.4. The van der Waals surface area contributed by atoms with Crippen LogP contribution in [0.2, 0.25) is 0 Å². The quantitative estimate of drug-likeness (QED) is 0.353.